The van der Waals surface area contributed by atoms with E-state index < -0.39 is 6.10 Å². The number of aliphatic hydroxyl groups is 1. The largest absolute Gasteiger partial charge is 0.386 e. The average molecular weight is 394 g/mol. The van der Waals surface area contributed by atoms with E-state index >= 15 is 0 Å². The number of aliphatic hydroxyl groups excluding tert-OH is 1. The molecule has 30 heavy (non-hydrogen) atoms. The molecule has 0 fully saturated rings. The summed E-state index contributed by atoms with van der Waals surface area (Å²) >= 11 is 0. The van der Waals surface area contributed by atoms with E-state index in [1.807, 2.05) is 60.7 Å². The van der Waals surface area contributed by atoms with Gasteiger partial charge in [0.05, 0.1) is 12.1 Å². The Morgan fingerprint density at radius 3 is 1.50 bits per heavy atom. The van der Waals surface area contributed by atoms with Gasteiger partial charge in [0, 0.05) is 6.04 Å². The molecule has 4 aromatic carbocycles. The summed E-state index contributed by atoms with van der Waals surface area (Å²) in [4.78, 5) is 0. The van der Waals surface area contributed by atoms with Crippen molar-refractivity contribution < 1.29 is 5.11 Å². The maximum Gasteiger partial charge on any atom is 0.0984 e. The predicted octanol–water partition coefficient (Wildman–Crippen LogP) is 6.03. The highest BCUT2D eigenvalue weighted by atomic mass is 16.3. The SMILES string of the molecule is OC(c1ccccc1)C(NC(Cc1ccccc1)c1ccccc1)c1ccccc1. The molecule has 0 saturated carbocycles. The highest BCUT2D eigenvalue weighted by Crippen LogP contribution is 2.32. The first kappa shape index (κ1) is 20.1. The van der Waals surface area contributed by atoms with Crippen LogP contribution in [0.15, 0.2) is 121 Å². The van der Waals surface area contributed by atoms with Gasteiger partial charge in [-0.05, 0) is 28.7 Å². The Hall–Kier alpha value is -3.20. The molecule has 0 aliphatic heterocycles. The molecule has 2 heteroatoms. The van der Waals surface area contributed by atoms with E-state index in [0.717, 1.165) is 17.5 Å². The zero-order chi connectivity index (χ0) is 20.6. The number of hydrogen-bond acceptors (Lipinski definition) is 2. The normalized spacial score (nSPS) is 14.0. The van der Waals surface area contributed by atoms with Crippen LogP contribution < -0.4 is 5.32 Å². The molecule has 0 amide bonds. The minimum absolute atomic E-state index is 0.0668. The fraction of sp³-hybridized carbons (Fsp3) is 0.143. The first-order valence-electron chi connectivity index (χ1n) is 10.4. The van der Waals surface area contributed by atoms with Crippen LogP contribution in [0.5, 0.6) is 0 Å². The third-order valence-electron chi connectivity index (χ3n) is 5.48. The van der Waals surface area contributed by atoms with Gasteiger partial charge in [0.2, 0.25) is 0 Å². The van der Waals surface area contributed by atoms with E-state index in [2.05, 4.69) is 66.0 Å². The molecule has 150 valence electrons. The Morgan fingerprint density at radius 2 is 0.967 bits per heavy atom. The minimum atomic E-state index is -0.657. The molecule has 0 aromatic heterocycles. The minimum Gasteiger partial charge on any atom is -0.386 e. The molecule has 0 heterocycles. The molecule has 0 bridgehead atoms. The zero-order valence-corrected chi connectivity index (χ0v) is 16.9. The van der Waals surface area contributed by atoms with E-state index in [-0.39, 0.29) is 12.1 Å². The van der Waals surface area contributed by atoms with Gasteiger partial charge in [-0.1, -0.05) is 121 Å². The summed E-state index contributed by atoms with van der Waals surface area (Å²) in [6, 6.07) is 40.9. The van der Waals surface area contributed by atoms with Gasteiger partial charge in [-0.15, -0.1) is 0 Å². The molecular weight excluding hydrogens is 366 g/mol. The molecular formula is C28H27NO. The molecule has 0 saturated heterocycles. The second-order valence-corrected chi connectivity index (χ2v) is 7.56. The van der Waals surface area contributed by atoms with Crippen LogP contribution in [0.25, 0.3) is 0 Å². The van der Waals surface area contributed by atoms with E-state index in [9.17, 15) is 5.11 Å². The quantitative estimate of drug-likeness (QED) is 0.383. The van der Waals surface area contributed by atoms with Gasteiger partial charge < -0.3 is 10.4 Å². The zero-order valence-electron chi connectivity index (χ0n) is 16.9. The Bertz CT molecular complexity index is 1000. The first-order valence-corrected chi connectivity index (χ1v) is 10.4. The average Bonchev–Trinajstić information content (AvgIpc) is 2.83. The van der Waals surface area contributed by atoms with Crippen molar-refractivity contribution in [2.24, 2.45) is 0 Å². The fourth-order valence-corrected chi connectivity index (χ4v) is 3.90. The topological polar surface area (TPSA) is 32.3 Å². The van der Waals surface area contributed by atoms with Gasteiger partial charge in [-0.2, -0.15) is 0 Å². The molecule has 0 aliphatic carbocycles. The van der Waals surface area contributed by atoms with Gasteiger partial charge in [-0.3, -0.25) is 0 Å². The fourth-order valence-electron chi connectivity index (χ4n) is 3.90. The Morgan fingerprint density at radius 1 is 0.533 bits per heavy atom. The van der Waals surface area contributed by atoms with Crippen LogP contribution in [0, 0.1) is 0 Å². The summed E-state index contributed by atoms with van der Waals surface area (Å²) in [6.07, 6.45) is 0.186. The molecule has 3 unspecified atom stereocenters. The van der Waals surface area contributed by atoms with Crippen molar-refractivity contribution >= 4 is 0 Å². The van der Waals surface area contributed by atoms with Crippen LogP contribution in [-0.4, -0.2) is 5.11 Å². The van der Waals surface area contributed by atoms with Crippen molar-refractivity contribution in [2.75, 3.05) is 0 Å². The lowest BCUT2D eigenvalue weighted by Gasteiger charge is -2.30. The Kier molecular flexibility index (Phi) is 6.71. The molecule has 4 aromatic rings. The lowest BCUT2D eigenvalue weighted by atomic mass is 9.92. The van der Waals surface area contributed by atoms with E-state index in [0.29, 0.717) is 0 Å². The van der Waals surface area contributed by atoms with Crippen LogP contribution in [0.3, 0.4) is 0 Å². The number of rotatable bonds is 8. The standard InChI is InChI=1S/C28H27NO/c30-28(25-19-11-4-12-20-25)27(24-17-9-3-10-18-24)29-26(23-15-7-2-8-16-23)21-22-13-5-1-6-14-22/h1-20,26-30H,21H2. The molecule has 2 nitrogen and oxygen atoms in total. The number of hydrogen-bond donors (Lipinski definition) is 2. The van der Waals surface area contributed by atoms with Gasteiger partial charge in [0.1, 0.15) is 0 Å². The van der Waals surface area contributed by atoms with E-state index in [1.165, 1.54) is 11.1 Å². The van der Waals surface area contributed by atoms with Crippen LogP contribution in [0.1, 0.15) is 40.4 Å². The summed E-state index contributed by atoms with van der Waals surface area (Å²) in [5.41, 5.74) is 4.45. The van der Waals surface area contributed by atoms with Crippen LogP contribution >= 0.6 is 0 Å². The summed E-state index contributed by atoms with van der Waals surface area (Å²) in [7, 11) is 0. The van der Waals surface area contributed by atoms with Gasteiger partial charge in [-0.25, -0.2) is 0 Å². The summed E-state index contributed by atoms with van der Waals surface area (Å²) in [5, 5.41) is 15.1. The van der Waals surface area contributed by atoms with Crippen LogP contribution in [-0.2, 0) is 6.42 Å². The number of benzene rings is 4. The van der Waals surface area contributed by atoms with Crippen molar-refractivity contribution in [3.8, 4) is 0 Å². The van der Waals surface area contributed by atoms with Gasteiger partial charge in [0.15, 0.2) is 0 Å². The molecule has 4 rings (SSSR count). The maximum absolute atomic E-state index is 11.3. The lowest BCUT2D eigenvalue weighted by Crippen LogP contribution is -2.32. The highest BCUT2D eigenvalue weighted by Gasteiger charge is 2.26. The van der Waals surface area contributed by atoms with E-state index in [1.54, 1.807) is 0 Å². The second kappa shape index (κ2) is 10.0. The van der Waals surface area contributed by atoms with Crippen LogP contribution in [0.2, 0.25) is 0 Å². The second-order valence-electron chi connectivity index (χ2n) is 7.56. The maximum atomic E-state index is 11.3. The third kappa shape index (κ3) is 5.04. The third-order valence-corrected chi connectivity index (χ3v) is 5.48. The van der Waals surface area contributed by atoms with Crippen molar-refractivity contribution in [3.05, 3.63) is 144 Å². The lowest BCUT2D eigenvalue weighted by molar-refractivity contribution is 0.121. The molecule has 0 radical (unpaired) electrons. The van der Waals surface area contributed by atoms with Gasteiger partial charge >= 0.3 is 0 Å². The predicted molar refractivity (Wildman–Crippen MR) is 123 cm³/mol. The van der Waals surface area contributed by atoms with Crippen molar-refractivity contribution in [1.29, 1.82) is 0 Å². The number of nitrogens with one attached hydrogen (secondary N) is 1. The summed E-state index contributed by atoms with van der Waals surface area (Å²) in [6.45, 7) is 0. The van der Waals surface area contributed by atoms with Crippen LogP contribution in [0.4, 0.5) is 0 Å². The van der Waals surface area contributed by atoms with Crippen molar-refractivity contribution in [2.45, 2.75) is 24.6 Å². The van der Waals surface area contributed by atoms with E-state index in [4.69, 9.17) is 0 Å². The molecule has 3 atom stereocenters. The van der Waals surface area contributed by atoms with Gasteiger partial charge in [0.25, 0.3) is 0 Å². The molecule has 0 spiro atoms. The van der Waals surface area contributed by atoms with Crippen molar-refractivity contribution in [1.82, 2.24) is 5.32 Å². The monoisotopic (exact) mass is 393 g/mol. The highest BCUT2D eigenvalue weighted by molar-refractivity contribution is 5.29. The molecule has 2 N–H and O–H groups in total. The Balaban J connectivity index is 1.69. The summed E-state index contributed by atoms with van der Waals surface area (Å²) in [5.74, 6) is 0. The van der Waals surface area contributed by atoms with Crippen molar-refractivity contribution in [3.63, 3.8) is 0 Å². The molecule has 0 aliphatic rings. The smallest absolute Gasteiger partial charge is 0.0984 e. The first-order chi connectivity index (χ1) is 14.8. The summed E-state index contributed by atoms with van der Waals surface area (Å²) < 4.78 is 0. The Labute approximate surface area is 178 Å².